The Hall–Kier alpha value is -3.85. The second-order valence-electron chi connectivity index (χ2n) is 10.4. The van der Waals surface area contributed by atoms with Gasteiger partial charge in [-0.3, -0.25) is 9.80 Å². The number of anilines is 1. The van der Waals surface area contributed by atoms with E-state index in [4.69, 9.17) is 4.74 Å². The summed E-state index contributed by atoms with van der Waals surface area (Å²) in [6.45, 7) is 10.4. The summed E-state index contributed by atoms with van der Waals surface area (Å²) in [5.74, 6) is -0.0663. The lowest BCUT2D eigenvalue weighted by Gasteiger charge is -2.42. The molecule has 4 amide bonds. The third kappa shape index (κ3) is 6.42. The second-order valence-corrected chi connectivity index (χ2v) is 10.4. The minimum Gasteiger partial charge on any atom is -0.463 e. The molecule has 2 heterocycles. The molecule has 2 aromatic carbocycles. The first-order chi connectivity index (χ1) is 18.7. The fourth-order valence-electron chi connectivity index (χ4n) is 5.13. The van der Waals surface area contributed by atoms with Gasteiger partial charge in [-0.15, -0.1) is 0 Å². The van der Waals surface area contributed by atoms with E-state index in [0.717, 1.165) is 11.3 Å². The van der Waals surface area contributed by atoms with Gasteiger partial charge in [0.2, 0.25) is 0 Å². The van der Waals surface area contributed by atoms with Crippen molar-refractivity contribution in [2.24, 2.45) is 0 Å². The zero-order chi connectivity index (χ0) is 28.1. The van der Waals surface area contributed by atoms with E-state index in [1.165, 1.54) is 10.5 Å². The van der Waals surface area contributed by atoms with Gasteiger partial charge in [0.1, 0.15) is 0 Å². The van der Waals surface area contributed by atoms with Gasteiger partial charge < -0.3 is 20.3 Å². The molecular weight excluding hydrogens is 494 g/mol. The predicted octanol–water partition coefficient (Wildman–Crippen LogP) is 4.56. The zero-order valence-electron chi connectivity index (χ0n) is 23.4. The molecule has 0 radical (unpaired) electrons. The van der Waals surface area contributed by atoms with Crippen LogP contribution < -0.4 is 10.6 Å². The highest BCUT2D eigenvalue weighted by atomic mass is 16.5. The van der Waals surface area contributed by atoms with Gasteiger partial charge in [0.25, 0.3) is 0 Å². The van der Waals surface area contributed by atoms with Crippen molar-refractivity contribution in [1.29, 1.82) is 0 Å². The van der Waals surface area contributed by atoms with Crippen molar-refractivity contribution in [2.75, 3.05) is 45.2 Å². The molecule has 2 aliphatic heterocycles. The molecule has 2 atom stereocenters. The van der Waals surface area contributed by atoms with Crippen LogP contribution in [0.3, 0.4) is 0 Å². The highest BCUT2D eigenvalue weighted by Crippen LogP contribution is 2.32. The lowest BCUT2D eigenvalue weighted by molar-refractivity contribution is -0.139. The first kappa shape index (κ1) is 28.2. The quantitative estimate of drug-likeness (QED) is 0.509. The Morgan fingerprint density at radius 1 is 1.08 bits per heavy atom. The fraction of sp³-hybridized carbons (Fsp3) is 0.433. The van der Waals surface area contributed by atoms with Crippen LogP contribution in [0.5, 0.6) is 0 Å². The van der Waals surface area contributed by atoms with Crippen LogP contribution in [-0.4, -0.2) is 78.6 Å². The number of carbonyl (C=O) groups is 3. The molecule has 1 fully saturated rings. The van der Waals surface area contributed by atoms with Crippen molar-refractivity contribution in [1.82, 2.24) is 20.0 Å². The number of amides is 4. The van der Waals surface area contributed by atoms with E-state index in [1.54, 1.807) is 14.0 Å². The number of ether oxygens (including phenoxy) is 1. The van der Waals surface area contributed by atoms with Gasteiger partial charge in [-0.2, -0.15) is 0 Å². The number of hydrogen-bond acceptors (Lipinski definition) is 5. The van der Waals surface area contributed by atoms with E-state index >= 15 is 0 Å². The van der Waals surface area contributed by atoms with Gasteiger partial charge in [0.05, 0.1) is 18.2 Å². The number of piperazine rings is 1. The second kappa shape index (κ2) is 12.3. The molecule has 9 nitrogen and oxygen atoms in total. The standard InChI is InChI=1S/C30H39N5O4/c1-6-39-28(36)26-25(33(5)29(37)32-27(26)23-14-12-22(13-15-23)20(2)3)19-34-16-17-35(21(4)18-34)30(38)31-24-10-8-7-9-11-24/h7-15,20-21,27H,6,16-19H2,1-5H3,(H,31,38)(H,32,37)/t21-,27+/m0/s1. The number of benzene rings is 2. The summed E-state index contributed by atoms with van der Waals surface area (Å²) in [7, 11) is 1.68. The maximum Gasteiger partial charge on any atom is 0.338 e. The molecule has 39 heavy (non-hydrogen) atoms. The van der Waals surface area contributed by atoms with Crippen molar-refractivity contribution in [2.45, 2.75) is 45.7 Å². The Morgan fingerprint density at radius 2 is 1.77 bits per heavy atom. The fourth-order valence-corrected chi connectivity index (χ4v) is 5.13. The van der Waals surface area contributed by atoms with E-state index in [1.807, 2.05) is 66.4 Å². The third-order valence-electron chi connectivity index (χ3n) is 7.38. The molecule has 208 valence electrons. The van der Waals surface area contributed by atoms with E-state index in [9.17, 15) is 14.4 Å². The normalized spacial score (nSPS) is 20.2. The van der Waals surface area contributed by atoms with Gasteiger partial charge in [0, 0.05) is 50.7 Å². The Kier molecular flexibility index (Phi) is 8.91. The van der Waals surface area contributed by atoms with Crippen molar-refractivity contribution in [3.63, 3.8) is 0 Å². The van der Waals surface area contributed by atoms with Crippen molar-refractivity contribution < 1.29 is 19.1 Å². The molecule has 1 saturated heterocycles. The average Bonchev–Trinajstić information content (AvgIpc) is 2.91. The van der Waals surface area contributed by atoms with Gasteiger partial charge >= 0.3 is 18.0 Å². The van der Waals surface area contributed by atoms with Gasteiger partial charge in [0.15, 0.2) is 0 Å². The molecule has 2 N–H and O–H groups in total. The molecule has 0 spiro atoms. The van der Waals surface area contributed by atoms with Crippen LogP contribution in [0.4, 0.5) is 15.3 Å². The first-order valence-electron chi connectivity index (χ1n) is 13.6. The van der Waals surface area contributed by atoms with E-state index in [-0.39, 0.29) is 24.7 Å². The molecule has 0 saturated carbocycles. The summed E-state index contributed by atoms with van der Waals surface area (Å²) >= 11 is 0. The minimum absolute atomic E-state index is 0.0591. The predicted molar refractivity (Wildman–Crippen MR) is 151 cm³/mol. The van der Waals surface area contributed by atoms with Crippen LogP contribution in [0, 0.1) is 0 Å². The molecule has 0 aliphatic carbocycles. The van der Waals surface area contributed by atoms with Crippen LogP contribution in [0.15, 0.2) is 65.9 Å². The molecule has 2 aliphatic rings. The third-order valence-corrected chi connectivity index (χ3v) is 7.38. The number of rotatable bonds is 7. The van der Waals surface area contributed by atoms with E-state index in [0.29, 0.717) is 43.4 Å². The number of urea groups is 2. The number of para-hydroxylation sites is 1. The number of carbonyl (C=O) groups excluding carboxylic acids is 3. The lowest BCUT2D eigenvalue weighted by Crippen LogP contribution is -2.56. The first-order valence-corrected chi connectivity index (χ1v) is 13.6. The summed E-state index contributed by atoms with van der Waals surface area (Å²) in [5, 5.41) is 5.95. The number of nitrogens with zero attached hydrogens (tertiary/aromatic N) is 3. The molecule has 2 aromatic rings. The Balaban J connectivity index is 1.56. The van der Waals surface area contributed by atoms with Crippen molar-refractivity contribution in [3.05, 3.63) is 77.0 Å². The van der Waals surface area contributed by atoms with Crippen molar-refractivity contribution >= 4 is 23.7 Å². The maximum absolute atomic E-state index is 13.3. The van der Waals surface area contributed by atoms with Gasteiger partial charge in [-0.05, 0) is 43.0 Å². The smallest absolute Gasteiger partial charge is 0.338 e. The number of nitrogens with one attached hydrogen (secondary N) is 2. The number of hydrogen-bond donors (Lipinski definition) is 2. The highest BCUT2D eigenvalue weighted by Gasteiger charge is 2.38. The van der Waals surface area contributed by atoms with Crippen LogP contribution in [-0.2, 0) is 9.53 Å². The molecule has 4 rings (SSSR count). The average molecular weight is 534 g/mol. The largest absolute Gasteiger partial charge is 0.463 e. The van der Waals surface area contributed by atoms with Crippen LogP contribution >= 0.6 is 0 Å². The molecule has 0 bridgehead atoms. The van der Waals surface area contributed by atoms with E-state index < -0.39 is 12.0 Å². The van der Waals surface area contributed by atoms with Crippen molar-refractivity contribution in [3.8, 4) is 0 Å². The highest BCUT2D eigenvalue weighted by molar-refractivity contribution is 5.95. The summed E-state index contributed by atoms with van der Waals surface area (Å²) in [5.41, 5.74) is 3.82. The SMILES string of the molecule is CCOC(=O)C1=C(CN2CCN(C(=O)Nc3ccccc3)[C@@H](C)C2)N(C)C(=O)N[C@@H]1c1ccc(C(C)C)cc1. The van der Waals surface area contributed by atoms with Crippen LogP contribution in [0.1, 0.15) is 50.8 Å². The summed E-state index contributed by atoms with van der Waals surface area (Å²) in [4.78, 5) is 44.8. The Bertz CT molecular complexity index is 1210. The summed E-state index contributed by atoms with van der Waals surface area (Å²) in [6, 6.07) is 16.3. The lowest BCUT2D eigenvalue weighted by atomic mass is 9.92. The molecular formula is C30H39N5O4. The maximum atomic E-state index is 13.3. The topological polar surface area (TPSA) is 94.2 Å². The van der Waals surface area contributed by atoms with Crippen LogP contribution in [0.25, 0.3) is 0 Å². The summed E-state index contributed by atoms with van der Waals surface area (Å²) < 4.78 is 5.47. The molecule has 0 aromatic heterocycles. The number of esters is 1. The zero-order valence-corrected chi connectivity index (χ0v) is 23.4. The summed E-state index contributed by atoms with van der Waals surface area (Å²) in [6.07, 6.45) is 0. The molecule has 0 unspecified atom stereocenters. The van der Waals surface area contributed by atoms with Gasteiger partial charge in [-0.25, -0.2) is 14.4 Å². The Morgan fingerprint density at radius 3 is 2.38 bits per heavy atom. The van der Waals surface area contributed by atoms with Crippen LogP contribution in [0.2, 0.25) is 0 Å². The van der Waals surface area contributed by atoms with E-state index in [2.05, 4.69) is 29.4 Å². The minimum atomic E-state index is -0.612. The Labute approximate surface area is 230 Å². The van der Waals surface area contributed by atoms with Gasteiger partial charge in [-0.1, -0.05) is 56.3 Å². The molecule has 9 heteroatoms. The monoisotopic (exact) mass is 533 g/mol. The number of likely N-dealkylation sites (N-methyl/N-ethyl adjacent to an activating group) is 1.